The summed E-state index contributed by atoms with van der Waals surface area (Å²) in [6.07, 6.45) is 2.16. The zero-order valence-corrected chi connectivity index (χ0v) is 19.4. The van der Waals surface area contributed by atoms with Crippen molar-refractivity contribution in [1.82, 2.24) is 19.8 Å². The summed E-state index contributed by atoms with van der Waals surface area (Å²) in [5.74, 6) is -0.0445. The summed E-state index contributed by atoms with van der Waals surface area (Å²) in [4.78, 5) is 14.7. The summed E-state index contributed by atoms with van der Waals surface area (Å²) in [5, 5.41) is 10.5. The van der Waals surface area contributed by atoms with Gasteiger partial charge in [0, 0.05) is 41.3 Å². The quantitative estimate of drug-likeness (QED) is 0.311. The molecular formula is C27H23ClN4O2. The molecule has 5 rings (SSSR count). The second-order valence-corrected chi connectivity index (χ2v) is 8.62. The van der Waals surface area contributed by atoms with Gasteiger partial charge < -0.3 is 9.42 Å². The molecule has 0 radical (unpaired) electrons. The third kappa shape index (κ3) is 4.58. The van der Waals surface area contributed by atoms with E-state index in [0.29, 0.717) is 29.4 Å². The molecule has 0 saturated heterocycles. The molecule has 2 heterocycles. The van der Waals surface area contributed by atoms with Gasteiger partial charge >= 0.3 is 0 Å². The molecule has 0 aliphatic rings. The van der Waals surface area contributed by atoms with E-state index in [4.69, 9.17) is 21.2 Å². The van der Waals surface area contributed by atoms with Gasteiger partial charge in [-0.3, -0.25) is 9.48 Å². The number of fused-ring (bicyclic) bond motifs is 1. The van der Waals surface area contributed by atoms with E-state index in [1.807, 2.05) is 89.7 Å². The van der Waals surface area contributed by atoms with Crippen LogP contribution < -0.4 is 0 Å². The van der Waals surface area contributed by atoms with Crippen LogP contribution in [0.5, 0.6) is 0 Å². The lowest BCUT2D eigenvalue weighted by atomic mass is 10.1. The lowest BCUT2D eigenvalue weighted by Crippen LogP contribution is -2.28. The summed E-state index contributed by atoms with van der Waals surface area (Å²) in [6.45, 7) is 0.962. The number of aromatic nitrogens is 3. The number of halogens is 1. The van der Waals surface area contributed by atoms with Gasteiger partial charge in [-0.25, -0.2) is 0 Å². The molecule has 0 spiro atoms. The van der Waals surface area contributed by atoms with Gasteiger partial charge in [-0.2, -0.15) is 5.10 Å². The van der Waals surface area contributed by atoms with Crippen LogP contribution in [0.25, 0.3) is 22.2 Å². The molecule has 0 atom stereocenters. The largest absolute Gasteiger partial charge is 0.356 e. The molecule has 0 bridgehead atoms. The normalized spacial score (nSPS) is 11.1. The average molecular weight is 471 g/mol. The second kappa shape index (κ2) is 9.53. The molecule has 0 saturated carbocycles. The standard InChI is InChI=1S/C27H23ClN4O2/c1-31(26(33)15-24-22-12-6-8-14-25(22)34-30-24)16-21-18-32(17-20-11-5-7-13-23(20)28)29-27(21)19-9-3-2-4-10-19/h2-14,18H,15-17H2,1H3. The predicted octanol–water partition coefficient (Wildman–Crippen LogP) is 5.59. The minimum atomic E-state index is -0.0445. The van der Waals surface area contributed by atoms with Crippen LogP contribution in [0.4, 0.5) is 0 Å². The van der Waals surface area contributed by atoms with Gasteiger partial charge in [0.15, 0.2) is 5.58 Å². The maximum absolute atomic E-state index is 13.0. The number of carbonyl (C=O) groups is 1. The minimum Gasteiger partial charge on any atom is -0.356 e. The van der Waals surface area contributed by atoms with Crippen molar-refractivity contribution in [2.45, 2.75) is 19.5 Å². The fourth-order valence-electron chi connectivity index (χ4n) is 3.99. The van der Waals surface area contributed by atoms with Gasteiger partial charge in [0.1, 0.15) is 5.69 Å². The Kier molecular flexibility index (Phi) is 6.14. The minimum absolute atomic E-state index is 0.0445. The number of carbonyl (C=O) groups excluding carboxylic acids is 1. The summed E-state index contributed by atoms with van der Waals surface area (Å²) >= 11 is 6.37. The maximum atomic E-state index is 13.0. The Balaban J connectivity index is 1.39. The SMILES string of the molecule is CN(Cc1cn(Cc2ccccc2Cl)nc1-c1ccccc1)C(=O)Cc1noc2ccccc12. The lowest BCUT2D eigenvalue weighted by molar-refractivity contribution is -0.129. The molecule has 0 fully saturated rings. The van der Waals surface area contributed by atoms with E-state index in [1.54, 1.807) is 11.9 Å². The van der Waals surface area contributed by atoms with E-state index in [-0.39, 0.29) is 12.3 Å². The number of hydrogen-bond acceptors (Lipinski definition) is 4. The van der Waals surface area contributed by atoms with Gasteiger partial charge in [-0.1, -0.05) is 77.4 Å². The Morgan fingerprint density at radius 2 is 1.71 bits per heavy atom. The maximum Gasteiger partial charge on any atom is 0.228 e. The van der Waals surface area contributed by atoms with Crippen molar-refractivity contribution < 1.29 is 9.32 Å². The highest BCUT2D eigenvalue weighted by Crippen LogP contribution is 2.25. The third-order valence-corrected chi connectivity index (χ3v) is 6.15. The molecule has 0 aliphatic heterocycles. The second-order valence-electron chi connectivity index (χ2n) is 8.21. The van der Waals surface area contributed by atoms with Gasteiger partial charge in [0.2, 0.25) is 5.91 Å². The molecule has 7 heteroatoms. The molecule has 0 aliphatic carbocycles. The Morgan fingerprint density at radius 1 is 0.971 bits per heavy atom. The van der Waals surface area contributed by atoms with E-state index in [2.05, 4.69) is 5.16 Å². The highest BCUT2D eigenvalue weighted by Gasteiger charge is 2.19. The van der Waals surface area contributed by atoms with Crippen molar-refractivity contribution in [3.63, 3.8) is 0 Å². The topological polar surface area (TPSA) is 64.2 Å². The molecular weight excluding hydrogens is 448 g/mol. The molecule has 0 N–H and O–H groups in total. The smallest absolute Gasteiger partial charge is 0.228 e. The van der Waals surface area contributed by atoms with E-state index in [0.717, 1.165) is 27.8 Å². The first kappa shape index (κ1) is 21.9. The number of benzene rings is 3. The summed E-state index contributed by atoms with van der Waals surface area (Å²) < 4.78 is 7.23. The summed E-state index contributed by atoms with van der Waals surface area (Å²) in [7, 11) is 1.80. The third-order valence-electron chi connectivity index (χ3n) is 5.78. The Bertz CT molecular complexity index is 1440. The molecule has 3 aromatic carbocycles. The van der Waals surface area contributed by atoms with Crippen molar-refractivity contribution in [2.75, 3.05) is 7.05 Å². The fourth-order valence-corrected chi connectivity index (χ4v) is 4.18. The number of nitrogens with zero attached hydrogens (tertiary/aromatic N) is 4. The monoisotopic (exact) mass is 470 g/mol. The van der Waals surface area contributed by atoms with Crippen LogP contribution in [0, 0.1) is 0 Å². The summed E-state index contributed by atoms with van der Waals surface area (Å²) in [6, 6.07) is 25.3. The lowest BCUT2D eigenvalue weighted by Gasteiger charge is -2.16. The zero-order chi connectivity index (χ0) is 23.5. The van der Waals surface area contributed by atoms with Crippen molar-refractivity contribution >= 4 is 28.5 Å². The van der Waals surface area contributed by atoms with E-state index < -0.39 is 0 Å². The van der Waals surface area contributed by atoms with Crippen molar-refractivity contribution in [1.29, 1.82) is 0 Å². The van der Waals surface area contributed by atoms with Gasteiger partial charge in [-0.05, 0) is 23.8 Å². The Labute approximate surface area is 202 Å². The number of para-hydroxylation sites is 1. The molecule has 0 unspecified atom stereocenters. The number of amides is 1. The van der Waals surface area contributed by atoms with E-state index in [1.165, 1.54) is 0 Å². The first-order chi connectivity index (χ1) is 16.6. The van der Waals surface area contributed by atoms with Crippen molar-refractivity contribution in [3.05, 3.63) is 107 Å². The average Bonchev–Trinajstić information content (AvgIpc) is 3.45. The highest BCUT2D eigenvalue weighted by molar-refractivity contribution is 6.31. The predicted molar refractivity (Wildman–Crippen MR) is 132 cm³/mol. The van der Waals surface area contributed by atoms with Gasteiger partial charge in [-0.15, -0.1) is 0 Å². The number of likely N-dealkylation sites (N-methyl/N-ethyl adjacent to an activating group) is 1. The van der Waals surface area contributed by atoms with E-state index in [9.17, 15) is 4.79 Å². The van der Waals surface area contributed by atoms with Crippen LogP contribution >= 0.6 is 11.6 Å². The van der Waals surface area contributed by atoms with Gasteiger partial charge in [0.05, 0.1) is 18.7 Å². The van der Waals surface area contributed by atoms with Crippen LogP contribution in [0.3, 0.4) is 0 Å². The first-order valence-corrected chi connectivity index (χ1v) is 11.4. The van der Waals surface area contributed by atoms with Crippen LogP contribution in [-0.2, 0) is 24.3 Å². The summed E-state index contributed by atoms with van der Waals surface area (Å²) in [5.41, 5.74) is 5.11. The molecule has 34 heavy (non-hydrogen) atoms. The zero-order valence-electron chi connectivity index (χ0n) is 18.7. The molecule has 6 nitrogen and oxygen atoms in total. The van der Waals surface area contributed by atoms with Crippen LogP contribution in [0.15, 0.2) is 89.6 Å². The van der Waals surface area contributed by atoms with Crippen molar-refractivity contribution in [3.8, 4) is 11.3 Å². The highest BCUT2D eigenvalue weighted by atomic mass is 35.5. The first-order valence-electron chi connectivity index (χ1n) is 11.0. The Morgan fingerprint density at radius 3 is 2.53 bits per heavy atom. The van der Waals surface area contributed by atoms with E-state index >= 15 is 0 Å². The molecule has 170 valence electrons. The Hall–Kier alpha value is -3.90. The number of rotatable bonds is 7. The molecule has 1 amide bonds. The number of hydrogen-bond donors (Lipinski definition) is 0. The van der Waals surface area contributed by atoms with Crippen LogP contribution in [0.2, 0.25) is 5.02 Å². The molecule has 5 aromatic rings. The fraction of sp³-hybridized carbons (Fsp3) is 0.148. The molecule has 2 aromatic heterocycles. The van der Waals surface area contributed by atoms with Crippen LogP contribution in [0.1, 0.15) is 16.8 Å². The van der Waals surface area contributed by atoms with Crippen LogP contribution in [-0.4, -0.2) is 32.8 Å². The van der Waals surface area contributed by atoms with Crippen molar-refractivity contribution in [2.24, 2.45) is 0 Å². The van der Waals surface area contributed by atoms with Gasteiger partial charge in [0.25, 0.3) is 0 Å².